The molecule has 0 aliphatic rings. The minimum atomic E-state index is 0.166. The zero-order chi connectivity index (χ0) is 14.5. The van der Waals surface area contributed by atoms with E-state index in [2.05, 4.69) is 24.0 Å². The van der Waals surface area contributed by atoms with Crippen molar-refractivity contribution in [2.45, 2.75) is 32.4 Å². The van der Waals surface area contributed by atoms with E-state index in [4.69, 9.17) is 21.8 Å². The summed E-state index contributed by atoms with van der Waals surface area (Å²) in [6.07, 6.45) is 3.46. The second kappa shape index (κ2) is 6.82. The van der Waals surface area contributed by atoms with Crippen LogP contribution >= 0.6 is 11.6 Å². The van der Waals surface area contributed by atoms with E-state index in [0.717, 1.165) is 41.4 Å². The van der Waals surface area contributed by atoms with Crippen LogP contribution in [0.1, 0.15) is 24.7 Å². The SMILES string of the molecule is CCC(N)Cc1ccc(N(C)Cc2ccco2)cc1Cl. The predicted molar refractivity (Wildman–Crippen MR) is 84.2 cm³/mol. The lowest BCUT2D eigenvalue weighted by molar-refractivity contribution is 0.507. The molecule has 1 unspecified atom stereocenters. The van der Waals surface area contributed by atoms with Gasteiger partial charge in [0.05, 0.1) is 12.8 Å². The second-order valence-corrected chi connectivity index (χ2v) is 5.49. The van der Waals surface area contributed by atoms with Gasteiger partial charge < -0.3 is 15.1 Å². The van der Waals surface area contributed by atoms with Crippen molar-refractivity contribution >= 4 is 17.3 Å². The van der Waals surface area contributed by atoms with Gasteiger partial charge in [0.1, 0.15) is 5.76 Å². The quantitative estimate of drug-likeness (QED) is 0.879. The van der Waals surface area contributed by atoms with Crippen LogP contribution < -0.4 is 10.6 Å². The third-order valence-corrected chi connectivity index (χ3v) is 3.81. The second-order valence-electron chi connectivity index (χ2n) is 5.08. The minimum absolute atomic E-state index is 0.166. The first-order chi connectivity index (χ1) is 9.60. The third kappa shape index (κ3) is 3.78. The lowest BCUT2D eigenvalue weighted by Crippen LogP contribution is -2.21. The summed E-state index contributed by atoms with van der Waals surface area (Å²) in [4.78, 5) is 2.11. The smallest absolute Gasteiger partial charge is 0.123 e. The van der Waals surface area contributed by atoms with Crippen LogP contribution in [-0.2, 0) is 13.0 Å². The molecular weight excluding hydrogens is 272 g/mol. The van der Waals surface area contributed by atoms with E-state index in [1.807, 2.05) is 25.2 Å². The first-order valence-corrected chi connectivity index (χ1v) is 7.25. The summed E-state index contributed by atoms with van der Waals surface area (Å²) in [5.74, 6) is 0.931. The molecule has 1 atom stereocenters. The molecule has 0 saturated carbocycles. The monoisotopic (exact) mass is 292 g/mol. The Morgan fingerprint density at radius 1 is 1.35 bits per heavy atom. The highest BCUT2D eigenvalue weighted by Crippen LogP contribution is 2.25. The number of nitrogens with two attached hydrogens (primary N) is 1. The van der Waals surface area contributed by atoms with E-state index in [1.165, 1.54) is 0 Å². The number of anilines is 1. The number of furan rings is 1. The van der Waals surface area contributed by atoms with E-state index in [0.29, 0.717) is 0 Å². The van der Waals surface area contributed by atoms with Crippen molar-refractivity contribution in [1.82, 2.24) is 0 Å². The van der Waals surface area contributed by atoms with Crippen molar-refractivity contribution in [2.24, 2.45) is 5.73 Å². The molecule has 0 aliphatic heterocycles. The van der Waals surface area contributed by atoms with Crippen molar-refractivity contribution < 1.29 is 4.42 Å². The summed E-state index contributed by atoms with van der Waals surface area (Å²) in [7, 11) is 2.02. The zero-order valence-electron chi connectivity index (χ0n) is 12.0. The van der Waals surface area contributed by atoms with Crippen molar-refractivity contribution in [3.05, 3.63) is 52.9 Å². The van der Waals surface area contributed by atoms with Crippen molar-refractivity contribution in [2.75, 3.05) is 11.9 Å². The number of hydrogen-bond donors (Lipinski definition) is 1. The normalized spacial score (nSPS) is 12.4. The molecule has 0 spiro atoms. The maximum atomic E-state index is 6.35. The fraction of sp³-hybridized carbons (Fsp3) is 0.375. The van der Waals surface area contributed by atoms with Crippen LogP contribution in [0.3, 0.4) is 0 Å². The zero-order valence-corrected chi connectivity index (χ0v) is 12.7. The molecule has 0 aliphatic carbocycles. The Labute approximate surface area is 125 Å². The van der Waals surface area contributed by atoms with Gasteiger partial charge in [0.25, 0.3) is 0 Å². The number of nitrogens with zero attached hydrogens (tertiary/aromatic N) is 1. The Morgan fingerprint density at radius 2 is 2.15 bits per heavy atom. The van der Waals surface area contributed by atoms with Gasteiger partial charge in [-0.05, 0) is 42.7 Å². The van der Waals surface area contributed by atoms with Gasteiger partial charge in [-0.1, -0.05) is 24.6 Å². The van der Waals surface area contributed by atoms with Crippen LogP contribution in [0.4, 0.5) is 5.69 Å². The van der Waals surface area contributed by atoms with Crippen molar-refractivity contribution in [3.8, 4) is 0 Å². The van der Waals surface area contributed by atoms with E-state index >= 15 is 0 Å². The highest BCUT2D eigenvalue weighted by atomic mass is 35.5. The van der Waals surface area contributed by atoms with E-state index in [1.54, 1.807) is 6.26 Å². The Balaban J connectivity index is 2.08. The molecule has 108 valence electrons. The summed E-state index contributed by atoms with van der Waals surface area (Å²) >= 11 is 6.35. The van der Waals surface area contributed by atoms with Crippen molar-refractivity contribution in [1.29, 1.82) is 0 Å². The van der Waals surface area contributed by atoms with Gasteiger partial charge in [-0.15, -0.1) is 0 Å². The largest absolute Gasteiger partial charge is 0.467 e. The van der Waals surface area contributed by atoms with Gasteiger partial charge in [0.15, 0.2) is 0 Å². The Hall–Kier alpha value is -1.45. The highest BCUT2D eigenvalue weighted by molar-refractivity contribution is 6.31. The van der Waals surface area contributed by atoms with E-state index < -0.39 is 0 Å². The first kappa shape index (κ1) is 14.9. The lowest BCUT2D eigenvalue weighted by Gasteiger charge is -2.19. The standard InChI is InChI=1S/C16H21ClN2O/c1-3-13(18)9-12-6-7-14(10-16(12)17)19(2)11-15-5-4-8-20-15/h4-8,10,13H,3,9,11,18H2,1-2H3. The Bertz CT molecular complexity index is 539. The first-order valence-electron chi connectivity index (χ1n) is 6.87. The maximum Gasteiger partial charge on any atom is 0.123 e. The van der Waals surface area contributed by atoms with Crippen molar-refractivity contribution in [3.63, 3.8) is 0 Å². The number of benzene rings is 1. The molecule has 2 rings (SSSR count). The summed E-state index contributed by atoms with van der Waals surface area (Å²) in [6, 6.07) is 10.2. The molecule has 1 aromatic carbocycles. The molecule has 20 heavy (non-hydrogen) atoms. The fourth-order valence-electron chi connectivity index (χ4n) is 2.09. The van der Waals surface area contributed by atoms with Gasteiger partial charge in [0.2, 0.25) is 0 Å². The summed E-state index contributed by atoms with van der Waals surface area (Å²) < 4.78 is 5.36. The number of rotatable bonds is 6. The predicted octanol–water partition coefficient (Wildman–Crippen LogP) is 3.85. The molecule has 1 aromatic heterocycles. The third-order valence-electron chi connectivity index (χ3n) is 3.46. The molecule has 0 saturated heterocycles. The molecule has 0 amide bonds. The Morgan fingerprint density at radius 3 is 2.75 bits per heavy atom. The van der Waals surface area contributed by atoms with Gasteiger partial charge in [0, 0.05) is 23.8 Å². The molecule has 0 fully saturated rings. The lowest BCUT2D eigenvalue weighted by atomic mass is 10.0. The summed E-state index contributed by atoms with van der Waals surface area (Å²) in [5.41, 5.74) is 8.16. The minimum Gasteiger partial charge on any atom is -0.467 e. The molecule has 2 aromatic rings. The fourth-order valence-corrected chi connectivity index (χ4v) is 2.35. The Kier molecular flexibility index (Phi) is 5.10. The molecule has 0 bridgehead atoms. The van der Waals surface area contributed by atoms with Gasteiger partial charge in [-0.2, -0.15) is 0 Å². The molecule has 3 nitrogen and oxygen atoms in total. The molecule has 4 heteroatoms. The van der Waals surface area contributed by atoms with Crippen LogP contribution in [0, 0.1) is 0 Å². The average Bonchev–Trinajstić information content (AvgIpc) is 2.93. The van der Waals surface area contributed by atoms with Crippen LogP contribution in [0.15, 0.2) is 41.0 Å². The van der Waals surface area contributed by atoms with Crippen LogP contribution in [0.25, 0.3) is 0 Å². The highest BCUT2D eigenvalue weighted by Gasteiger charge is 2.09. The van der Waals surface area contributed by atoms with Gasteiger partial charge in [-0.25, -0.2) is 0 Å². The number of hydrogen-bond acceptors (Lipinski definition) is 3. The van der Waals surface area contributed by atoms with E-state index in [9.17, 15) is 0 Å². The molecule has 1 heterocycles. The van der Waals surface area contributed by atoms with Gasteiger partial charge >= 0.3 is 0 Å². The van der Waals surface area contributed by atoms with Crippen LogP contribution in [0.5, 0.6) is 0 Å². The van der Waals surface area contributed by atoms with Gasteiger partial charge in [-0.3, -0.25) is 0 Å². The molecule has 0 radical (unpaired) electrons. The maximum absolute atomic E-state index is 6.35. The van der Waals surface area contributed by atoms with Crippen LogP contribution in [0.2, 0.25) is 5.02 Å². The number of halogens is 1. The van der Waals surface area contributed by atoms with Crippen LogP contribution in [-0.4, -0.2) is 13.1 Å². The summed E-state index contributed by atoms with van der Waals surface area (Å²) in [5, 5.41) is 0.776. The summed E-state index contributed by atoms with van der Waals surface area (Å²) in [6.45, 7) is 2.81. The average molecular weight is 293 g/mol. The molecule has 2 N–H and O–H groups in total. The topological polar surface area (TPSA) is 42.4 Å². The molecular formula is C16H21ClN2O. The van der Waals surface area contributed by atoms with E-state index in [-0.39, 0.29) is 6.04 Å².